The second-order valence-corrected chi connectivity index (χ2v) is 10.0. The van der Waals surface area contributed by atoms with Gasteiger partial charge in [0.2, 0.25) is 5.95 Å². The molecule has 1 fully saturated rings. The summed E-state index contributed by atoms with van der Waals surface area (Å²) in [4.78, 5) is 24.5. The van der Waals surface area contributed by atoms with Crippen LogP contribution >= 0.6 is 23.4 Å². The summed E-state index contributed by atoms with van der Waals surface area (Å²) >= 11 is 7.67. The number of pyridine rings is 1. The Morgan fingerprint density at radius 1 is 1.12 bits per heavy atom. The van der Waals surface area contributed by atoms with Crippen LogP contribution in [0.5, 0.6) is 0 Å². The van der Waals surface area contributed by atoms with E-state index in [1.807, 2.05) is 6.07 Å². The van der Waals surface area contributed by atoms with Crippen molar-refractivity contribution in [2.24, 2.45) is 11.1 Å². The quantitative estimate of drug-likeness (QED) is 0.465. The summed E-state index contributed by atoms with van der Waals surface area (Å²) in [5, 5.41) is 1.34. The number of hydrogen-bond acceptors (Lipinski definition) is 7. The molecule has 4 aromatic rings. The Hall–Kier alpha value is -2.68. The van der Waals surface area contributed by atoms with Gasteiger partial charge in [0.25, 0.3) is 0 Å². The first-order valence-electron chi connectivity index (χ1n) is 10.7. The molecule has 1 aliphatic carbocycles. The number of nitrogens with one attached hydrogen (secondary N) is 1. The first kappa shape index (κ1) is 20.0. The minimum absolute atomic E-state index is 0.111. The van der Waals surface area contributed by atoms with Crippen molar-refractivity contribution in [2.45, 2.75) is 35.2 Å². The predicted molar refractivity (Wildman–Crippen MR) is 126 cm³/mol. The molecule has 3 aromatic heterocycles. The van der Waals surface area contributed by atoms with E-state index in [4.69, 9.17) is 22.3 Å². The number of hydrogen-bond donors (Lipinski definition) is 2. The van der Waals surface area contributed by atoms with Gasteiger partial charge in [-0.15, -0.1) is 0 Å². The van der Waals surface area contributed by atoms with Crippen LogP contribution in [0.3, 0.4) is 0 Å². The van der Waals surface area contributed by atoms with E-state index in [1.54, 1.807) is 18.6 Å². The monoisotopic (exact) mass is 463 g/mol. The molecule has 9 heteroatoms. The van der Waals surface area contributed by atoms with E-state index < -0.39 is 0 Å². The number of H-pyrrole nitrogens is 1. The molecule has 0 amide bonds. The second kappa shape index (κ2) is 7.72. The number of imidazole rings is 1. The molecule has 162 valence electrons. The van der Waals surface area contributed by atoms with Crippen LogP contribution in [-0.4, -0.2) is 38.0 Å². The largest absolute Gasteiger partial charge is 0.342 e. The van der Waals surface area contributed by atoms with Gasteiger partial charge in [0.15, 0.2) is 11.3 Å². The Kier molecular flexibility index (Phi) is 4.82. The molecule has 6 rings (SSSR count). The van der Waals surface area contributed by atoms with Crippen molar-refractivity contribution in [2.75, 3.05) is 18.0 Å². The number of piperidine rings is 1. The van der Waals surface area contributed by atoms with Gasteiger partial charge >= 0.3 is 0 Å². The fourth-order valence-electron chi connectivity index (χ4n) is 4.99. The molecule has 0 bridgehead atoms. The molecule has 1 atom stereocenters. The number of fused-ring (bicyclic) bond motifs is 2. The van der Waals surface area contributed by atoms with Crippen molar-refractivity contribution in [3.8, 4) is 0 Å². The van der Waals surface area contributed by atoms with Gasteiger partial charge in [-0.1, -0.05) is 47.6 Å². The van der Waals surface area contributed by atoms with Gasteiger partial charge in [0.05, 0.1) is 11.2 Å². The number of aromatic nitrogens is 5. The van der Waals surface area contributed by atoms with Gasteiger partial charge in [-0.2, -0.15) is 4.98 Å². The number of nitrogens with two attached hydrogens (primary N) is 1. The minimum atomic E-state index is 0.111. The zero-order chi connectivity index (χ0) is 21.7. The first-order chi connectivity index (χ1) is 15.6. The third kappa shape index (κ3) is 3.34. The third-order valence-electron chi connectivity index (χ3n) is 6.77. The van der Waals surface area contributed by atoms with Gasteiger partial charge in [0.1, 0.15) is 5.03 Å². The summed E-state index contributed by atoms with van der Waals surface area (Å²) in [6.45, 7) is 1.82. The minimum Gasteiger partial charge on any atom is -0.342 e. The molecule has 4 heterocycles. The number of anilines is 1. The van der Waals surface area contributed by atoms with Crippen molar-refractivity contribution in [3.05, 3.63) is 65.1 Å². The topological polar surface area (TPSA) is 96.6 Å². The zero-order valence-corrected chi connectivity index (χ0v) is 18.9. The smallest absolute Gasteiger partial charge is 0.206 e. The van der Waals surface area contributed by atoms with Gasteiger partial charge in [0, 0.05) is 36.4 Å². The van der Waals surface area contributed by atoms with Gasteiger partial charge in [-0.25, -0.2) is 9.97 Å². The van der Waals surface area contributed by atoms with E-state index in [9.17, 15) is 0 Å². The van der Waals surface area contributed by atoms with E-state index in [0.717, 1.165) is 48.2 Å². The maximum absolute atomic E-state index is 6.71. The second-order valence-electron chi connectivity index (χ2n) is 8.55. The highest BCUT2D eigenvalue weighted by molar-refractivity contribution is 7.99. The lowest BCUT2D eigenvalue weighted by Gasteiger charge is -2.42. The lowest BCUT2D eigenvalue weighted by molar-refractivity contribution is 0.187. The van der Waals surface area contributed by atoms with Gasteiger partial charge in [-0.05, 0) is 41.9 Å². The van der Waals surface area contributed by atoms with Crippen LogP contribution in [0.1, 0.15) is 30.0 Å². The number of rotatable bonds is 3. The van der Waals surface area contributed by atoms with Crippen LogP contribution in [0.25, 0.3) is 11.3 Å². The summed E-state index contributed by atoms with van der Waals surface area (Å²) in [6.07, 6.45) is 8.24. The van der Waals surface area contributed by atoms with Crippen molar-refractivity contribution in [1.82, 2.24) is 24.9 Å². The highest BCUT2D eigenvalue weighted by Gasteiger charge is 2.46. The Morgan fingerprint density at radius 3 is 2.78 bits per heavy atom. The number of aromatic amines is 1. The average Bonchev–Trinajstić information content (AvgIpc) is 3.35. The Labute approximate surface area is 194 Å². The Bertz CT molecular complexity index is 1300. The Morgan fingerprint density at radius 2 is 1.97 bits per heavy atom. The molecular weight excluding hydrogens is 442 g/mol. The zero-order valence-electron chi connectivity index (χ0n) is 17.3. The molecule has 1 aliphatic heterocycles. The van der Waals surface area contributed by atoms with Crippen LogP contribution in [-0.2, 0) is 6.42 Å². The van der Waals surface area contributed by atoms with E-state index in [1.165, 1.54) is 22.9 Å². The molecule has 1 aromatic carbocycles. The lowest BCUT2D eigenvalue weighted by atomic mass is 9.73. The first-order valence-corrected chi connectivity index (χ1v) is 11.9. The summed E-state index contributed by atoms with van der Waals surface area (Å²) in [7, 11) is 0. The summed E-state index contributed by atoms with van der Waals surface area (Å²) in [5.74, 6) is 0.822. The molecule has 0 saturated carbocycles. The van der Waals surface area contributed by atoms with E-state index >= 15 is 0 Å². The molecular formula is C23H22ClN7S. The molecule has 7 nitrogen and oxygen atoms in total. The van der Waals surface area contributed by atoms with E-state index in [-0.39, 0.29) is 11.5 Å². The molecule has 3 N–H and O–H groups in total. The fourth-order valence-corrected chi connectivity index (χ4v) is 5.97. The third-order valence-corrected chi connectivity index (χ3v) is 8.17. The normalized spacial score (nSPS) is 19.6. The standard InChI is InChI=1S/C23H22ClN7S/c24-16-12-26-8-5-17(16)32-18-13-27-20-21(28-18)30-22(29-20)31-9-6-23(7-10-31)11-14-3-1-2-4-15(14)19(23)25/h1-5,8,12-13,19H,6-7,9-11,25H2,(H,27,28,29,30)/t19-/m1/s1. The van der Waals surface area contributed by atoms with Crippen molar-refractivity contribution >= 4 is 40.6 Å². The summed E-state index contributed by atoms with van der Waals surface area (Å²) in [6, 6.07) is 10.6. The number of halogens is 1. The maximum Gasteiger partial charge on any atom is 0.206 e. The van der Waals surface area contributed by atoms with Crippen LogP contribution in [0.4, 0.5) is 5.95 Å². The van der Waals surface area contributed by atoms with Crippen LogP contribution in [0.2, 0.25) is 5.02 Å². The SMILES string of the molecule is N[C@@H]1c2ccccc2CC12CCN(c1nc3nc(Sc4ccncc4Cl)cnc3[nH]1)CC2. The van der Waals surface area contributed by atoms with Crippen molar-refractivity contribution < 1.29 is 0 Å². The molecule has 0 radical (unpaired) electrons. The molecule has 32 heavy (non-hydrogen) atoms. The average molecular weight is 464 g/mol. The van der Waals surface area contributed by atoms with Crippen molar-refractivity contribution in [1.29, 1.82) is 0 Å². The van der Waals surface area contributed by atoms with E-state index in [0.29, 0.717) is 16.3 Å². The molecule has 1 saturated heterocycles. The number of nitrogens with zero attached hydrogens (tertiary/aromatic N) is 5. The highest BCUT2D eigenvalue weighted by atomic mass is 35.5. The van der Waals surface area contributed by atoms with Crippen LogP contribution in [0.15, 0.2) is 58.8 Å². The predicted octanol–water partition coefficient (Wildman–Crippen LogP) is 4.40. The van der Waals surface area contributed by atoms with Crippen LogP contribution in [0, 0.1) is 5.41 Å². The van der Waals surface area contributed by atoms with Gasteiger partial charge in [-0.3, -0.25) is 4.98 Å². The highest BCUT2D eigenvalue weighted by Crippen LogP contribution is 2.50. The molecule has 2 aliphatic rings. The number of benzene rings is 1. The van der Waals surface area contributed by atoms with Gasteiger partial charge < -0.3 is 15.6 Å². The lowest BCUT2D eigenvalue weighted by Crippen LogP contribution is -2.44. The Balaban J connectivity index is 1.19. The fraction of sp³-hybridized carbons (Fsp3) is 0.304. The summed E-state index contributed by atoms with van der Waals surface area (Å²) in [5.41, 5.74) is 10.9. The maximum atomic E-state index is 6.71. The molecule has 1 spiro atoms. The summed E-state index contributed by atoms with van der Waals surface area (Å²) < 4.78 is 0. The van der Waals surface area contributed by atoms with Crippen molar-refractivity contribution in [3.63, 3.8) is 0 Å². The molecule has 0 unspecified atom stereocenters. The van der Waals surface area contributed by atoms with Crippen LogP contribution < -0.4 is 10.6 Å². The van der Waals surface area contributed by atoms with E-state index in [2.05, 4.69) is 49.1 Å².